The molecule has 5 heteroatoms. The van der Waals surface area contributed by atoms with Gasteiger partial charge in [-0.3, -0.25) is 4.79 Å². The Kier molecular flexibility index (Phi) is 9.93. The molecule has 0 heterocycles. The van der Waals surface area contributed by atoms with Gasteiger partial charge in [0.2, 0.25) is 0 Å². The second kappa shape index (κ2) is 8.84. The maximum Gasteiger partial charge on any atom is 0.471 e. The normalized spacial score (nSPS) is 10.1. The van der Waals surface area contributed by atoms with Crippen molar-refractivity contribution in [1.82, 2.24) is 5.32 Å². The lowest BCUT2D eigenvalue weighted by Crippen LogP contribution is -2.37. The molecule has 0 aliphatic carbocycles. The van der Waals surface area contributed by atoms with Gasteiger partial charge in [-0.2, -0.15) is 13.2 Å². The van der Waals surface area contributed by atoms with Gasteiger partial charge in [0.1, 0.15) is 0 Å². The molecule has 0 aliphatic rings. The van der Waals surface area contributed by atoms with E-state index in [4.69, 9.17) is 0 Å². The number of unbranched alkanes of at least 4 members (excludes halogenated alkanes) is 1. The molecule has 2 nitrogen and oxygen atoms in total. The molecule has 0 unspecified atom stereocenters. The summed E-state index contributed by atoms with van der Waals surface area (Å²) < 4.78 is 34.4. The predicted molar refractivity (Wildman–Crippen MR) is 49.9 cm³/mol. The molecule has 0 rings (SSSR count). The first-order valence-corrected chi connectivity index (χ1v) is 4.75. The SMILES string of the molecule is CCC.CCCCNC(=O)C(F)(F)F. The highest BCUT2D eigenvalue weighted by Gasteiger charge is 2.37. The highest BCUT2D eigenvalue weighted by atomic mass is 19.4. The van der Waals surface area contributed by atoms with Crippen molar-refractivity contribution in [3.05, 3.63) is 0 Å². The predicted octanol–water partition coefficient (Wildman–Crippen LogP) is 2.88. The zero-order valence-electron chi connectivity index (χ0n) is 8.87. The van der Waals surface area contributed by atoms with Gasteiger partial charge in [0, 0.05) is 6.54 Å². The summed E-state index contributed by atoms with van der Waals surface area (Å²) in [6, 6.07) is 0. The van der Waals surface area contributed by atoms with Crippen molar-refractivity contribution >= 4 is 5.91 Å². The molecule has 0 radical (unpaired) electrons. The summed E-state index contributed by atoms with van der Waals surface area (Å²) >= 11 is 0. The Morgan fingerprint density at radius 1 is 1.21 bits per heavy atom. The van der Waals surface area contributed by atoms with Crippen molar-refractivity contribution in [3.63, 3.8) is 0 Å². The van der Waals surface area contributed by atoms with E-state index in [-0.39, 0.29) is 6.54 Å². The lowest BCUT2D eigenvalue weighted by Gasteiger charge is -2.06. The molecule has 0 aromatic carbocycles. The summed E-state index contributed by atoms with van der Waals surface area (Å²) in [5.41, 5.74) is 0. The van der Waals surface area contributed by atoms with E-state index in [2.05, 4.69) is 13.8 Å². The van der Waals surface area contributed by atoms with E-state index in [0.717, 1.165) is 6.42 Å². The number of halogens is 3. The first kappa shape index (κ1) is 15.7. The number of carbonyl (C=O) groups excluding carboxylic acids is 1. The lowest BCUT2D eigenvalue weighted by molar-refractivity contribution is -0.173. The molecule has 0 atom stereocenters. The van der Waals surface area contributed by atoms with Gasteiger partial charge in [-0.05, 0) is 6.42 Å². The summed E-state index contributed by atoms with van der Waals surface area (Å²) in [5, 5.41) is 1.76. The number of carbonyl (C=O) groups is 1. The van der Waals surface area contributed by atoms with Crippen LogP contribution in [0, 0.1) is 0 Å². The summed E-state index contributed by atoms with van der Waals surface area (Å²) in [6.07, 6.45) is -2.16. The van der Waals surface area contributed by atoms with Crippen molar-refractivity contribution in [2.45, 2.75) is 46.2 Å². The van der Waals surface area contributed by atoms with Crippen molar-refractivity contribution in [1.29, 1.82) is 0 Å². The summed E-state index contributed by atoms with van der Waals surface area (Å²) in [4.78, 5) is 10.1. The molecule has 0 aromatic heterocycles. The van der Waals surface area contributed by atoms with Crippen LogP contribution in [-0.2, 0) is 4.79 Å². The van der Waals surface area contributed by atoms with Gasteiger partial charge in [0.25, 0.3) is 0 Å². The average molecular weight is 213 g/mol. The van der Waals surface area contributed by atoms with Crippen LogP contribution in [0.1, 0.15) is 40.0 Å². The minimum Gasteiger partial charge on any atom is -0.348 e. The smallest absolute Gasteiger partial charge is 0.348 e. The highest BCUT2D eigenvalue weighted by Crippen LogP contribution is 2.13. The molecular weight excluding hydrogens is 195 g/mol. The lowest BCUT2D eigenvalue weighted by atomic mass is 10.3. The number of amides is 1. The van der Waals surface area contributed by atoms with Crippen LogP contribution in [0.15, 0.2) is 0 Å². The van der Waals surface area contributed by atoms with Gasteiger partial charge >= 0.3 is 12.1 Å². The zero-order chi connectivity index (χ0) is 11.6. The third-order valence-corrected chi connectivity index (χ3v) is 1.07. The average Bonchev–Trinajstić information content (AvgIpc) is 2.04. The fourth-order valence-electron chi connectivity index (χ4n) is 0.479. The molecule has 0 bridgehead atoms. The van der Waals surface area contributed by atoms with Gasteiger partial charge in [-0.1, -0.05) is 33.6 Å². The molecule has 0 fully saturated rings. The van der Waals surface area contributed by atoms with Crippen LogP contribution in [0.5, 0.6) is 0 Å². The minimum absolute atomic E-state index is 0.0921. The molecule has 1 amide bonds. The van der Waals surface area contributed by atoms with Crippen LogP contribution in [0.2, 0.25) is 0 Å². The number of rotatable bonds is 3. The molecule has 0 saturated heterocycles. The second-order valence-electron chi connectivity index (χ2n) is 2.81. The Bertz CT molecular complexity index is 145. The molecule has 0 aromatic rings. The maximum absolute atomic E-state index is 11.5. The third kappa shape index (κ3) is 11.3. The number of nitrogens with one attached hydrogen (secondary N) is 1. The van der Waals surface area contributed by atoms with Crippen LogP contribution >= 0.6 is 0 Å². The van der Waals surface area contributed by atoms with Crippen LogP contribution in [0.25, 0.3) is 0 Å². The van der Waals surface area contributed by atoms with Crippen LogP contribution in [-0.4, -0.2) is 18.6 Å². The van der Waals surface area contributed by atoms with Gasteiger partial charge in [0.05, 0.1) is 0 Å². The van der Waals surface area contributed by atoms with E-state index in [0.29, 0.717) is 6.42 Å². The van der Waals surface area contributed by atoms with Gasteiger partial charge in [-0.25, -0.2) is 0 Å². The van der Waals surface area contributed by atoms with Crippen LogP contribution < -0.4 is 5.32 Å². The maximum atomic E-state index is 11.5. The van der Waals surface area contributed by atoms with Crippen LogP contribution in [0.4, 0.5) is 13.2 Å². The van der Waals surface area contributed by atoms with Crippen molar-refractivity contribution in [3.8, 4) is 0 Å². The van der Waals surface area contributed by atoms with Crippen molar-refractivity contribution < 1.29 is 18.0 Å². The first-order valence-electron chi connectivity index (χ1n) is 4.75. The number of hydrogen-bond acceptors (Lipinski definition) is 1. The van der Waals surface area contributed by atoms with E-state index in [1.807, 2.05) is 6.92 Å². The molecule has 0 spiro atoms. The largest absolute Gasteiger partial charge is 0.471 e. The topological polar surface area (TPSA) is 29.1 Å². The Labute approximate surface area is 82.9 Å². The minimum atomic E-state index is -4.74. The van der Waals surface area contributed by atoms with E-state index in [1.54, 1.807) is 5.32 Å². The van der Waals surface area contributed by atoms with E-state index < -0.39 is 12.1 Å². The fourth-order valence-corrected chi connectivity index (χ4v) is 0.479. The summed E-state index contributed by atoms with van der Waals surface area (Å²) in [7, 11) is 0. The zero-order valence-corrected chi connectivity index (χ0v) is 8.87. The number of hydrogen-bond donors (Lipinski definition) is 1. The highest BCUT2D eigenvalue weighted by molar-refractivity contribution is 5.81. The monoisotopic (exact) mass is 213 g/mol. The Balaban J connectivity index is 0. The molecule has 0 saturated carbocycles. The number of alkyl halides is 3. The van der Waals surface area contributed by atoms with Gasteiger partial charge in [0.15, 0.2) is 0 Å². The van der Waals surface area contributed by atoms with E-state index in [9.17, 15) is 18.0 Å². The van der Waals surface area contributed by atoms with E-state index >= 15 is 0 Å². The summed E-state index contributed by atoms with van der Waals surface area (Å²) in [5.74, 6) is -1.86. The fraction of sp³-hybridized carbons (Fsp3) is 0.889. The van der Waals surface area contributed by atoms with E-state index in [1.165, 1.54) is 6.42 Å². The van der Waals surface area contributed by atoms with Gasteiger partial charge < -0.3 is 5.32 Å². The third-order valence-electron chi connectivity index (χ3n) is 1.07. The first-order chi connectivity index (χ1) is 6.40. The second-order valence-corrected chi connectivity index (χ2v) is 2.81. The quantitative estimate of drug-likeness (QED) is 0.717. The van der Waals surface area contributed by atoms with Gasteiger partial charge in [-0.15, -0.1) is 0 Å². The standard InChI is InChI=1S/C6H10F3NO.C3H8/c1-2-3-4-10-5(11)6(7,8)9;1-3-2/h2-4H2,1H3,(H,10,11);3H2,1-2H3. The molecular formula is C9H18F3NO. The Morgan fingerprint density at radius 3 is 1.93 bits per heavy atom. The van der Waals surface area contributed by atoms with Crippen molar-refractivity contribution in [2.75, 3.05) is 6.54 Å². The molecule has 0 aliphatic heterocycles. The Hall–Kier alpha value is -0.740. The molecule has 86 valence electrons. The molecule has 14 heavy (non-hydrogen) atoms. The van der Waals surface area contributed by atoms with Crippen LogP contribution in [0.3, 0.4) is 0 Å². The summed E-state index contributed by atoms with van der Waals surface area (Å²) in [6.45, 7) is 6.18. The van der Waals surface area contributed by atoms with Crippen molar-refractivity contribution in [2.24, 2.45) is 0 Å². The molecule has 1 N–H and O–H groups in total. The Morgan fingerprint density at radius 2 is 1.64 bits per heavy atom.